The summed E-state index contributed by atoms with van der Waals surface area (Å²) in [6.45, 7) is 2.50. The number of hydrogen-bond acceptors (Lipinski definition) is 3. The average molecular weight is 188 g/mol. The Morgan fingerprint density at radius 2 is 1.93 bits per heavy atom. The Bertz CT molecular complexity index is 358. The molecule has 0 unspecified atom stereocenters. The van der Waals surface area contributed by atoms with Crippen LogP contribution in [0.15, 0.2) is 24.5 Å². The lowest BCUT2D eigenvalue weighted by atomic mass is 10.3. The molecule has 0 amide bonds. The number of pyridine rings is 1. The molecule has 0 aliphatic carbocycles. The number of hydrogen-bond donors (Lipinski definition) is 0. The van der Waals surface area contributed by atoms with Crippen molar-refractivity contribution in [1.29, 1.82) is 10.5 Å². The Balaban J connectivity index is 2.84. The second-order valence-electron chi connectivity index (χ2n) is 2.57. The van der Waals surface area contributed by atoms with Crippen molar-refractivity contribution in [3.05, 3.63) is 24.5 Å². The lowest BCUT2D eigenvalue weighted by Gasteiger charge is -2.00. The summed E-state index contributed by atoms with van der Waals surface area (Å²) in [4.78, 5) is 0. The molecule has 14 heavy (non-hydrogen) atoms. The number of aromatic nitrogens is 1. The maximum Gasteiger partial charge on any atom is 0.329 e. The van der Waals surface area contributed by atoms with Crippen molar-refractivity contribution in [1.82, 2.24) is 0 Å². The highest BCUT2D eigenvalue weighted by Crippen LogP contribution is 2.06. The molecule has 1 heterocycles. The first-order chi connectivity index (χ1) is 6.81. The van der Waals surface area contributed by atoms with Gasteiger partial charge in [0.25, 0.3) is 0 Å². The smallest absolute Gasteiger partial charge is 0.329 e. The minimum absolute atomic E-state index is 0.601. The monoisotopic (exact) mass is 188 g/mol. The summed E-state index contributed by atoms with van der Waals surface area (Å²) in [5.41, 5.74) is 0. The molecule has 0 N–H and O–H groups in total. The van der Waals surface area contributed by atoms with Crippen LogP contribution in [0.5, 0.6) is 5.75 Å². The zero-order chi connectivity index (χ0) is 10.4. The molecule has 0 atom stereocenters. The van der Waals surface area contributed by atoms with Crippen molar-refractivity contribution in [2.45, 2.75) is 13.0 Å². The van der Waals surface area contributed by atoms with Crippen LogP contribution in [-0.2, 0) is 0 Å². The normalized spacial score (nSPS) is 9.14. The van der Waals surface area contributed by atoms with Crippen LogP contribution in [0.1, 0.15) is 13.0 Å². The third kappa shape index (κ3) is 2.21. The highest BCUT2D eigenvalue weighted by atomic mass is 16.5. The van der Waals surface area contributed by atoms with Gasteiger partial charge in [0.1, 0.15) is 5.75 Å². The SMILES string of the molecule is CCOc1cc[n+](C(C#N)C#N)cc1. The van der Waals surface area contributed by atoms with Gasteiger partial charge in [0.2, 0.25) is 0 Å². The highest BCUT2D eigenvalue weighted by Gasteiger charge is 2.15. The molecule has 4 nitrogen and oxygen atoms in total. The second kappa shape index (κ2) is 4.84. The number of rotatable bonds is 3. The number of nitrogens with zero attached hydrogens (tertiary/aromatic N) is 3. The molecule has 0 bridgehead atoms. The van der Waals surface area contributed by atoms with Gasteiger partial charge in [-0.25, -0.2) is 0 Å². The van der Waals surface area contributed by atoms with E-state index in [1.165, 1.54) is 4.57 Å². The third-order valence-corrected chi connectivity index (χ3v) is 1.68. The molecule has 70 valence electrons. The molecule has 1 rings (SSSR count). The fourth-order valence-corrected chi connectivity index (χ4v) is 1.02. The predicted octanol–water partition coefficient (Wildman–Crippen LogP) is 0.961. The van der Waals surface area contributed by atoms with E-state index in [4.69, 9.17) is 15.3 Å². The standard InChI is InChI=1S/C10H10N3O/c1-2-14-10-3-5-13(6-4-10)9(7-11)8-12/h3-6,9H,2H2,1H3/q+1. The summed E-state index contributed by atoms with van der Waals surface area (Å²) in [5.74, 6) is 0.735. The van der Waals surface area contributed by atoms with E-state index in [0.29, 0.717) is 6.61 Å². The van der Waals surface area contributed by atoms with Gasteiger partial charge in [0, 0.05) is 12.1 Å². The molecule has 0 radical (unpaired) electrons. The first kappa shape index (κ1) is 10.0. The quantitative estimate of drug-likeness (QED) is 0.664. The lowest BCUT2D eigenvalue weighted by molar-refractivity contribution is -0.697. The van der Waals surface area contributed by atoms with Gasteiger partial charge in [-0.3, -0.25) is 0 Å². The average Bonchev–Trinajstić information content (AvgIpc) is 2.23. The summed E-state index contributed by atoms with van der Waals surface area (Å²) in [6, 6.07) is 6.44. The van der Waals surface area contributed by atoms with Crippen LogP contribution in [0.3, 0.4) is 0 Å². The van der Waals surface area contributed by atoms with Crippen LogP contribution in [0, 0.1) is 22.7 Å². The lowest BCUT2D eigenvalue weighted by Crippen LogP contribution is -2.36. The first-order valence-electron chi connectivity index (χ1n) is 4.24. The predicted molar refractivity (Wildman–Crippen MR) is 48.1 cm³/mol. The first-order valence-corrected chi connectivity index (χ1v) is 4.24. The summed E-state index contributed by atoms with van der Waals surface area (Å²) in [6.07, 6.45) is 3.31. The van der Waals surface area contributed by atoms with Gasteiger partial charge in [-0.05, 0) is 6.92 Å². The Hall–Kier alpha value is -2.07. The molecule has 1 aromatic heterocycles. The van der Waals surface area contributed by atoms with Crippen molar-refractivity contribution >= 4 is 0 Å². The molecule has 4 heteroatoms. The van der Waals surface area contributed by atoms with Crippen molar-refractivity contribution < 1.29 is 9.30 Å². The van der Waals surface area contributed by atoms with E-state index < -0.39 is 6.04 Å². The van der Waals surface area contributed by atoms with E-state index >= 15 is 0 Å². The molecule has 0 aliphatic heterocycles. The second-order valence-corrected chi connectivity index (χ2v) is 2.57. The molecule has 0 fully saturated rings. The van der Waals surface area contributed by atoms with Crippen molar-refractivity contribution in [2.24, 2.45) is 0 Å². The maximum absolute atomic E-state index is 8.63. The topological polar surface area (TPSA) is 60.7 Å². The zero-order valence-corrected chi connectivity index (χ0v) is 7.84. The molecule has 0 saturated carbocycles. The molecule has 0 aliphatic rings. The van der Waals surface area contributed by atoms with Crippen LogP contribution in [0.2, 0.25) is 0 Å². The minimum atomic E-state index is -0.773. The van der Waals surface area contributed by atoms with E-state index in [2.05, 4.69) is 0 Å². The van der Waals surface area contributed by atoms with Crippen molar-refractivity contribution in [3.8, 4) is 17.9 Å². The Labute approximate surface area is 82.6 Å². The fraction of sp³-hybridized carbons (Fsp3) is 0.300. The summed E-state index contributed by atoms with van der Waals surface area (Å²) in [7, 11) is 0. The van der Waals surface area contributed by atoms with Gasteiger partial charge in [-0.15, -0.1) is 0 Å². The van der Waals surface area contributed by atoms with Crippen molar-refractivity contribution in [3.63, 3.8) is 0 Å². The Morgan fingerprint density at radius 3 is 2.36 bits per heavy atom. The molecule has 1 aromatic rings. The zero-order valence-electron chi connectivity index (χ0n) is 7.84. The van der Waals surface area contributed by atoms with Crippen molar-refractivity contribution in [2.75, 3.05) is 6.61 Å². The highest BCUT2D eigenvalue weighted by molar-refractivity contribution is 5.15. The number of nitriles is 2. The van der Waals surface area contributed by atoms with Gasteiger partial charge in [0.05, 0.1) is 6.61 Å². The van der Waals surface area contributed by atoms with Gasteiger partial charge in [-0.2, -0.15) is 15.1 Å². The van der Waals surface area contributed by atoms with Crippen LogP contribution >= 0.6 is 0 Å². The van der Waals surface area contributed by atoms with E-state index in [-0.39, 0.29) is 0 Å². The Kier molecular flexibility index (Phi) is 3.46. The fourth-order valence-electron chi connectivity index (χ4n) is 1.02. The van der Waals surface area contributed by atoms with Gasteiger partial charge in [-0.1, -0.05) is 0 Å². The molecule has 0 saturated heterocycles. The van der Waals surface area contributed by atoms with E-state index in [1.807, 2.05) is 19.1 Å². The maximum atomic E-state index is 8.63. The number of ether oxygens (including phenoxy) is 1. The largest absolute Gasteiger partial charge is 0.493 e. The van der Waals surface area contributed by atoms with Gasteiger partial charge >= 0.3 is 6.04 Å². The molecular weight excluding hydrogens is 178 g/mol. The summed E-state index contributed by atoms with van der Waals surface area (Å²) in [5, 5.41) is 17.3. The summed E-state index contributed by atoms with van der Waals surface area (Å²) < 4.78 is 6.76. The van der Waals surface area contributed by atoms with E-state index in [0.717, 1.165) is 5.75 Å². The third-order valence-electron chi connectivity index (χ3n) is 1.68. The van der Waals surface area contributed by atoms with Crippen LogP contribution in [0.25, 0.3) is 0 Å². The van der Waals surface area contributed by atoms with E-state index in [1.54, 1.807) is 24.5 Å². The van der Waals surface area contributed by atoms with Crippen LogP contribution in [0.4, 0.5) is 0 Å². The van der Waals surface area contributed by atoms with Crippen LogP contribution in [-0.4, -0.2) is 6.61 Å². The minimum Gasteiger partial charge on any atom is -0.493 e. The molecule has 0 spiro atoms. The molecule has 0 aromatic carbocycles. The van der Waals surface area contributed by atoms with E-state index in [9.17, 15) is 0 Å². The van der Waals surface area contributed by atoms with Crippen LogP contribution < -0.4 is 9.30 Å². The van der Waals surface area contributed by atoms with Gasteiger partial charge < -0.3 is 4.74 Å². The summed E-state index contributed by atoms with van der Waals surface area (Å²) >= 11 is 0. The molecular formula is C10H10N3O+. The van der Waals surface area contributed by atoms with Gasteiger partial charge in [0.15, 0.2) is 24.5 Å². The Morgan fingerprint density at radius 1 is 1.36 bits per heavy atom.